The monoisotopic (exact) mass is 386 g/mol. The minimum Gasteiger partial charge on any atom is -0.507 e. The molecule has 4 aromatic carbocycles. The van der Waals surface area contributed by atoms with E-state index in [1.54, 1.807) is 43.3 Å². The zero-order valence-corrected chi connectivity index (χ0v) is 15.9. The first-order chi connectivity index (χ1) is 14.1. The second-order valence-electron chi connectivity index (χ2n) is 6.62. The van der Waals surface area contributed by atoms with Crippen molar-refractivity contribution in [1.29, 1.82) is 0 Å². The summed E-state index contributed by atoms with van der Waals surface area (Å²) in [6, 6.07) is 23.2. The third-order valence-corrected chi connectivity index (χ3v) is 4.87. The highest BCUT2D eigenvalue weighted by molar-refractivity contribution is 6.07. The van der Waals surface area contributed by atoms with Gasteiger partial charge in [0.1, 0.15) is 17.1 Å². The quantitative estimate of drug-likeness (QED) is 0.425. The highest BCUT2D eigenvalue weighted by Gasteiger charge is 2.26. The molecule has 0 heterocycles. The van der Waals surface area contributed by atoms with E-state index in [2.05, 4.69) is 0 Å². The van der Waals surface area contributed by atoms with Gasteiger partial charge in [0.15, 0.2) is 0 Å². The van der Waals surface area contributed by atoms with Gasteiger partial charge in [-0.25, -0.2) is 9.18 Å². The average molecular weight is 386 g/mol. The number of benzene rings is 4. The molecule has 0 fully saturated rings. The average Bonchev–Trinajstić information content (AvgIpc) is 2.75. The van der Waals surface area contributed by atoms with E-state index in [-0.39, 0.29) is 29.0 Å². The predicted octanol–water partition coefficient (Wildman–Crippen LogP) is 6.20. The molecule has 0 radical (unpaired) electrons. The molecule has 3 nitrogen and oxygen atoms in total. The Labute approximate surface area is 168 Å². The van der Waals surface area contributed by atoms with E-state index in [4.69, 9.17) is 4.74 Å². The number of aromatic hydroxyl groups is 1. The summed E-state index contributed by atoms with van der Waals surface area (Å²) in [6.07, 6.45) is 0. The zero-order chi connectivity index (χ0) is 20.4. The summed E-state index contributed by atoms with van der Waals surface area (Å²) in [7, 11) is 0. The Balaban J connectivity index is 2.09. The highest BCUT2D eigenvalue weighted by Crippen LogP contribution is 2.41. The molecule has 0 saturated heterocycles. The van der Waals surface area contributed by atoms with Gasteiger partial charge < -0.3 is 9.84 Å². The molecule has 1 N–H and O–H groups in total. The number of fused-ring (bicyclic) bond motifs is 1. The normalized spacial score (nSPS) is 10.8. The van der Waals surface area contributed by atoms with Crippen LogP contribution in [0.2, 0.25) is 0 Å². The van der Waals surface area contributed by atoms with Crippen LogP contribution in [0.15, 0.2) is 78.9 Å². The number of ether oxygens (including phenoxy) is 1. The van der Waals surface area contributed by atoms with Gasteiger partial charge in [-0.05, 0) is 34.9 Å². The number of esters is 1. The molecule has 0 atom stereocenters. The summed E-state index contributed by atoms with van der Waals surface area (Å²) < 4.78 is 21.0. The number of hydrogen-bond acceptors (Lipinski definition) is 3. The largest absolute Gasteiger partial charge is 0.507 e. The van der Waals surface area contributed by atoms with Gasteiger partial charge in [0, 0.05) is 11.1 Å². The molecular weight excluding hydrogens is 367 g/mol. The van der Waals surface area contributed by atoms with Gasteiger partial charge in [-0.1, -0.05) is 72.8 Å². The molecule has 0 aromatic heterocycles. The van der Waals surface area contributed by atoms with Gasteiger partial charge in [-0.2, -0.15) is 0 Å². The molecule has 144 valence electrons. The van der Waals surface area contributed by atoms with Crippen molar-refractivity contribution < 1.29 is 19.0 Å². The van der Waals surface area contributed by atoms with Crippen LogP contribution in [0.5, 0.6) is 5.75 Å². The fraction of sp³-hybridized carbons (Fsp3) is 0.0800. The minimum atomic E-state index is -0.758. The number of phenols is 1. The van der Waals surface area contributed by atoms with Gasteiger partial charge >= 0.3 is 5.97 Å². The lowest BCUT2D eigenvalue weighted by molar-refractivity contribution is 0.0523. The molecule has 4 aromatic rings. The number of carbonyl (C=O) groups excluding carboxylic acids is 1. The van der Waals surface area contributed by atoms with Crippen molar-refractivity contribution in [3.8, 4) is 28.0 Å². The summed E-state index contributed by atoms with van der Waals surface area (Å²) in [4.78, 5) is 12.6. The smallest absolute Gasteiger partial charge is 0.342 e. The SMILES string of the molecule is CCOC(=O)c1c(O)cc(-c2ccccc2)c(F)c1-c1cccc2ccccc12. The molecule has 0 spiro atoms. The molecule has 0 amide bonds. The Bertz CT molecular complexity index is 1190. The van der Waals surface area contributed by atoms with Crippen LogP contribution < -0.4 is 0 Å². The minimum absolute atomic E-state index is 0.0408. The van der Waals surface area contributed by atoms with Gasteiger partial charge in [0.2, 0.25) is 0 Å². The van der Waals surface area contributed by atoms with Crippen LogP contribution in [0.25, 0.3) is 33.0 Å². The number of rotatable bonds is 4. The number of phenolic OH excluding ortho intramolecular Hbond substituents is 1. The van der Waals surface area contributed by atoms with Crippen LogP contribution in [-0.2, 0) is 4.74 Å². The molecule has 4 rings (SSSR count). The van der Waals surface area contributed by atoms with Crippen molar-refractivity contribution in [2.45, 2.75) is 6.92 Å². The van der Waals surface area contributed by atoms with Gasteiger partial charge in [-0.3, -0.25) is 0 Å². The summed E-state index contributed by atoms with van der Waals surface area (Å²) >= 11 is 0. The fourth-order valence-electron chi connectivity index (χ4n) is 3.58. The summed E-state index contributed by atoms with van der Waals surface area (Å²) in [5.41, 5.74) is 1.23. The molecule has 0 saturated carbocycles. The van der Waals surface area contributed by atoms with Gasteiger partial charge in [0.05, 0.1) is 6.61 Å². The topological polar surface area (TPSA) is 46.5 Å². The lowest BCUT2D eigenvalue weighted by atomic mass is 9.90. The Kier molecular flexibility index (Phi) is 5.00. The Morgan fingerprint density at radius 1 is 0.931 bits per heavy atom. The third-order valence-electron chi connectivity index (χ3n) is 4.87. The van der Waals surface area contributed by atoms with Crippen molar-refractivity contribution in [3.63, 3.8) is 0 Å². The predicted molar refractivity (Wildman–Crippen MR) is 112 cm³/mol. The maximum atomic E-state index is 15.9. The first-order valence-corrected chi connectivity index (χ1v) is 9.38. The molecule has 0 aliphatic heterocycles. The van der Waals surface area contributed by atoms with E-state index >= 15 is 4.39 Å². The highest BCUT2D eigenvalue weighted by atomic mass is 19.1. The Morgan fingerprint density at radius 3 is 2.38 bits per heavy atom. The van der Waals surface area contributed by atoms with Gasteiger partial charge in [0.25, 0.3) is 0 Å². The zero-order valence-electron chi connectivity index (χ0n) is 15.9. The van der Waals surface area contributed by atoms with E-state index in [9.17, 15) is 9.90 Å². The molecule has 0 aliphatic rings. The van der Waals surface area contributed by atoms with E-state index in [0.29, 0.717) is 11.1 Å². The lowest BCUT2D eigenvalue weighted by Gasteiger charge is -2.17. The maximum Gasteiger partial charge on any atom is 0.342 e. The van der Waals surface area contributed by atoms with Crippen LogP contribution in [0, 0.1) is 5.82 Å². The van der Waals surface area contributed by atoms with Crippen molar-refractivity contribution in [3.05, 3.63) is 90.2 Å². The summed E-state index contributed by atoms with van der Waals surface area (Å²) in [6.45, 7) is 1.79. The molecule has 29 heavy (non-hydrogen) atoms. The first kappa shape index (κ1) is 18.7. The van der Waals surface area contributed by atoms with Crippen LogP contribution in [-0.4, -0.2) is 17.7 Å². The molecule has 0 unspecified atom stereocenters. The van der Waals surface area contributed by atoms with Crippen LogP contribution in [0.1, 0.15) is 17.3 Å². The van der Waals surface area contributed by atoms with E-state index in [0.717, 1.165) is 10.8 Å². The van der Waals surface area contributed by atoms with E-state index < -0.39 is 11.8 Å². The van der Waals surface area contributed by atoms with Crippen molar-refractivity contribution in [2.24, 2.45) is 0 Å². The van der Waals surface area contributed by atoms with Crippen molar-refractivity contribution in [2.75, 3.05) is 6.61 Å². The van der Waals surface area contributed by atoms with Crippen LogP contribution in [0.3, 0.4) is 0 Å². The second-order valence-corrected chi connectivity index (χ2v) is 6.62. The fourth-order valence-corrected chi connectivity index (χ4v) is 3.58. The Hall–Kier alpha value is -3.66. The van der Waals surface area contributed by atoms with Crippen molar-refractivity contribution >= 4 is 16.7 Å². The van der Waals surface area contributed by atoms with E-state index in [1.165, 1.54) is 6.07 Å². The summed E-state index contributed by atoms with van der Waals surface area (Å²) in [5, 5.41) is 12.4. The number of carbonyl (C=O) groups is 1. The molecular formula is C25H19FO3. The van der Waals surface area contributed by atoms with Gasteiger partial charge in [-0.15, -0.1) is 0 Å². The lowest BCUT2D eigenvalue weighted by Crippen LogP contribution is -2.09. The van der Waals surface area contributed by atoms with Crippen molar-refractivity contribution in [1.82, 2.24) is 0 Å². The van der Waals surface area contributed by atoms with Crippen LogP contribution >= 0.6 is 0 Å². The van der Waals surface area contributed by atoms with Crippen LogP contribution in [0.4, 0.5) is 4.39 Å². The second kappa shape index (κ2) is 7.76. The number of hydrogen-bond donors (Lipinski definition) is 1. The molecule has 4 heteroatoms. The molecule has 0 bridgehead atoms. The molecule has 0 aliphatic carbocycles. The Morgan fingerprint density at radius 2 is 1.62 bits per heavy atom. The third kappa shape index (κ3) is 3.34. The maximum absolute atomic E-state index is 15.9. The standard InChI is InChI=1S/C25H19FO3/c1-2-29-25(28)23-21(27)15-20(17-9-4-3-5-10-17)24(26)22(23)19-14-8-12-16-11-6-7-13-18(16)19/h3-15,27H,2H2,1H3. The first-order valence-electron chi connectivity index (χ1n) is 9.38. The number of halogens is 1. The van der Waals surface area contributed by atoms with E-state index in [1.807, 2.05) is 36.4 Å². The summed E-state index contributed by atoms with van der Waals surface area (Å²) in [5.74, 6) is -1.65.